The van der Waals surface area contributed by atoms with Crippen LogP contribution in [-0.4, -0.2) is 15.5 Å². The topological polar surface area (TPSA) is 46.9 Å². The summed E-state index contributed by atoms with van der Waals surface area (Å²) in [5, 5.41) is 4.54. The predicted molar refractivity (Wildman–Crippen MR) is 84.5 cm³/mol. The maximum Gasteiger partial charge on any atom is 0.228 e. The third-order valence-electron chi connectivity index (χ3n) is 3.30. The average Bonchev–Trinajstić information content (AvgIpc) is 2.81. The van der Waals surface area contributed by atoms with Gasteiger partial charge < -0.3 is 9.88 Å². The minimum atomic E-state index is -0.0900. The number of rotatable bonds is 3. The largest absolute Gasteiger partial charge is 0.349 e. The van der Waals surface area contributed by atoms with Crippen molar-refractivity contribution in [2.45, 2.75) is 6.42 Å². The zero-order valence-electron chi connectivity index (χ0n) is 11.5. The molecule has 1 aromatic carbocycles. The maximum absolute atomic E-state index is 12.2. The Bertz CT molecular complexity index is 810. The molecule has 0 fully saturated rings. The van der Waals surface area contributed by atoms with Gasteiger partial charge in [-0.15, -0.1) is 0 Å². The van der Waals surface area contributed by atoms with Crippen molar-refractivity contribution in [1.82, 2.24) is 9.55 Å². The second kappa shape index (κ2) is 5.58. The Morgan fingerprint density at radius 2 is 2.19 bits per heavy atom. The van der Waals surface area contributed by atoms with Crippen molar-refractivity contribution in [3.8, 4) is 0 Å². The zero-order chi connectivity index (χ0) is 14.8. The molecule has 0 radical (unpaired) electrons. The Balaban J connectivity index is 1.82. The number of nitrogens with one attached hydrogen (secondary N) is 1. The average molecular weight is 300 g/mol. The van der Waals surface area contributed by atoms with Crippen LogP contribution in [0.15, 0.2) is 48.9 Å². The zero-order valence-corrected chi connectivity index (χ0v) is 12.3. The van der Waals surface area contributed by atoms with Crippen molar-refractivity contribution in [3.05, 3.63) is 59.5 Å². The smallest absolute Gasteiger partial charge is 0.228 e. The first kappa shape index (κ1) is 13.6. The van der Waals surface area contributed by atoms with Crippen LogP contribution in [0, 0.1) is 0 Å². The van der Waals surface area contributed by atoms with E-state index in [0.717, 1.165) is 16.5 Å². The quantitative estimate of drug-likeness (QED) is 0.805. The third kappa shape index (κ3) is 2.90. The molecule has 0 saturated heterocycles. The molecule has 0 bridgehead atoms. The van der Waals surface area contributed by atoms with E-state index in [2.05, 4.69) is 10.3 Å². The maximum atomic E-state index is 12.2. The molecule has 2 heterocycles. The summed E-state index contributed by atoms with van der Waals surface area (Å²) in [6.07, 6.45) is 5.67. The van der Waals surface area contributed by atoms with Crippen LogP contribution in [0.1, 0.15) is 5.56 Å². The minimum absolute atomic E-state index is 0.0900. The molecule has 0 aliphatic carbocycles. The van der Waals surface area contributed by atoms with Gasteiger partial charge in [-0.3, -0.25) is 9.78 Å². The molecule has 21 heavy (non-hydrogen) atoms. The van der Waals surface area contributed by atoms with Gasteiger partial charge in [0, 0.05) is 29.9 Å². The fourth-order valence-corrected chi connectivity index (χ4v) is 2.58. The summed E-state index contributed by atoms with van der Waals surface area (Å²) in [5.74, 6) is -0.0900. The minimum Gasteiger partial charge on any atom is -0.349 e. The van der Waals surface area contributed by atoms with Gasteiger partial charge in [-0.05, 0) is 23.8 Å². The molecule has 106 valence electrons. The summed E-state index contributed by atoms with van der Waals surface area (Å²) in [4.78, 5) is 16.3. The van der Waals surface area contributed by atoms with E-state index in [1.165, 1.54) is 0 Å². The van der Waals surface area contributed by atoms with Crippen molar-refractivity contribution in [2.75, 3.05) is 5.32 Å². The number of aromatic nitrogens is 2. The summed E-state index contributed by atoms with van der Waals surface area (Å²) in [5.41, 5.74) is 2.56. The van der Waals surface area contributed by atoms with Gasteiger partial charge in [-0.1, -0.05) is 23.7 Å². The Hall–Kier alpha value is -2.33. The highest BCUT2D eigenvalue weighted by Gasteiger charge is 2.09. The molecule has 1 N–H and O–H groups in total. The lowest BCUT2D eigenvalue weighted by molar-refractivity contribution is -0.115. The van der Waals surface area contributed by atoms with Gasteiger partial charge >= 0.3 is 0 Å². The SMILES string of the molecule is Cn1ccc2cncc(NC(=O)Cc3cccc(Cl)c3)c21. The summed E-state index contributed by atoms with van der Waals surface area (Å²) in [7, 11) is 1.94. The molecule has 4 nitrogen and oxygen atoms in total. The van der Waals surface area contributed by atoms with E-state index >= 15 is 0 Å². The van der Waals surface area contributed by atoms with Crippen molar-refractivity contribution < 1.29 is 4.79 Å². The van der Waals surface area contributed by atoms with Crippen LogP contribution in [0.3, 0.4) is 0 Å². The molecule has 3 aromatic rings. The molecule has 1 amide bonds. The Labute approximate surface area is 127 Å². The van der Waals surface area contributed by atoms with Crippen molar-refractivity contribution in [3.63, 3.8) is 0 Å². The van der Waals surface area contributed by atoms with E-state index in [9.17, 15) is 4.79 Å². The molecule has 0 aliphatic heterocycles. The first-order chi connectivity index (χ1) is 10.1. The Kier molecular flexibility index (Phi) is 3.62. The van der Waals surface area contributed by atoms with Crippen LogP contribution >= 0.6 is 11.6 Å². The number of nitrogens with zero attached hydrogens (tertiary/aromatic N) is 2. The fourth-order valence-electron chi connectivity index (χ4n) is 2.37. The van der Waals surface area contributed by atoms with Gasteiger partial charge in [-0.25, -0.2) is 0 Å². The molecule has 0 unspecified atom stereocenters. The summed E-state index contributed by atoms with van der Waals surface area (Å²) in [6.45, 7) is 0. The van der Waals surface area contributed by atoms with Crippen LogP contribution in [0.4, 0.5) is 5.69 Å². The van der Waals surface area contributed by atoms with E-state index in [1.54, 1.807) is 24.5 Å². The lowest BCUT2D eigenvalue weighted by Gasteiger charge is -2.08. The number of anilines is 1. The molecule has 2 aromatic heterocycles. The molecular formula is C16H14ClN3O. The monoisotopic (exact) mass is 299 g/mol. The van der Waals surface area contributed by atoms with Crippen LogP contribution in [-0.2, 0) is 18.3 Å². The van der Waals surface area contributed by atoms with Gasteiger partial charge in [0.05, 0.1) is 23.8 Å². The van der Waals surface area contributed by atoms with Crippen molar-refractivity contribution in [1.29, 1.82) is 0 Å². The summed E-state index contributed by atoms with van der Waals surface area (Å²) < 4.78 is 1.96. The van der Waals surface area contributed by atoms with Crippen LogP contribution < -0.4 is 5.32 Å². The lowest BCUT2D eigenvalue weighted by atomic mass is 10.1. The Morgan fingerprint density at radius 3 is 3.00 bits per heavy atom. The highest BCUT2D eigenvalue weighted by Crippen LogP contribution is 2.22. The van der Waals surface area contributed by atoms with Crippen LogP contribution in [0.25, 0.3) is 10.9 Å². The highest BCUT2D eigenvalue weighted by molar-refractivity contribution is 6.30. The van der Waals surface area contributed by atoms with Gasteiger partial charge in [0.15, 0.2) is 0 Å². The van der Waals surface area contributed by atoms with Gasteiger partial charge in [0.1, 0.15) is 0 Å². The molecule has 5 heteroatoms. The molecule has 0 spiro atoms. The number of benzene rings is 1. The normalized spacial score (nSPS) is 10.8. The van der Waals surface area contributed by atoms with Gasteiger partial charge in [-0.2, -0.15) is 0 Å². The summed E-state index contributed by atoms with van der Waals surface area (Å²) in [6, 6.07) is 9.27. The van der Waals surface area contributed by atoms with Crippen molar-refractivity contribution in [2.24, 2.45) is 7.05 Å². The number of hydrogen-bond acceptors (Lipinski definition) is 2. The fraction of sp³-hybridized carbons (Fsp3) is 0.125. The van der Waals surface area contributed by atoms with E-state index in [0.29, 0.717) is 10.7 Å². The van der Waals surface area contributed by atoms with Crippen LogP contribution in [0.5, 0.6) is 0 Å². The molecule has 3 rings (SSSR count). The van der Waals surface area contributed by atoms with Crippen molar-refractivity contribution >= 4 is 34.1 Å². The molecule has 0 aliphatic rings. The Morgan fingerprint density at radius 1 is 1.33 bits per heavy atom. The molecule has 0 saturated carbocycles. The standard InChI is InChI=1S/C16H14ClN3O/c1-20-6-5-12-9-18-10-14(16(12)20)19-15(21)8-11-3-2-4-13(17)7-11/h2-7,9-10H,8H2,1H3,(H,19,21). The summed E-state index contributed by atoms with van der Waals surface area (Å²) >= 11 is 5.93. The highest BCUT2D eigenvalue weighted by atomic mass is 35.5. The number of pyridine rings is 1. The van der Waals surface area contributed by atoms with Gasteiger partial charge in [0.2, 0.25) is 5.91 Å². The number of carbonyl (C=O) groups excluding carboxylic acids is 1. The predicted octanol–water partition coefficient (Wildman–Crippen LogP) is 3.41. The number of aryl methyl sites for hydroxylation is 1. The van der Waals surface area contributed by atoms with Gasteiger partial charge in [0.25, 0.3) is 0 Å². The van der Waals surface area contributed by atoms with E-state index in [4.69, 9.17) is 11.6 Å². The van der Waals surface area contributed by atoms with E-state index in [1.807, 2.05) is 36.0 Å². The lowest BCUT2D eigenvalue weighted by Crippen LogP contribution is -2.15. The number of halogens is 1. The number of hydrogen-bond donors (Lipinski definition) is 1. The first-order valence-corrected chi connectivity index (χ1v) is 6.94. The second-order valence-electron chi connectivity index (χ2n) is 4.91. The number of fused-ring (bicyclic) bond motifs is 1. The molecule has 0 atom stereocenters. The first-order valence-electron chi connectivity index (χ1n) is 6.57. The molecular weight excluding hydrogens is 286 g/mol. The number of carbonyl (C=O) groups is 1. The van der Waals surface area contributed by atoms with E-state index < -0.39 is 0 Å². The second-order valence-corrected chi connectivity index (χ2v) is 5.34. The third-order valence-corrected chi connectivity index (χ3v) is 3.54. The van der Waals surface area contributed by atoms with Crippen LogP contribution in [0.2, 0.25) is 5.02 Å². The van der Waals surface area contributed by atoms with E-state index in [-0.39, 0.29) is 12.3 Å². The number of amides is 1.